The molecule has 2 heterocycles. The number of hydrogen-bond donors (Lipinski definition) is 3. The van der Waals surface area contributed by atoms with E-state index in [9.17, 15) is 19.2 Å². The fourth-order valence-electron chi connectivity index (χ4n) is 5.27. The van der Waals surface area contributed by atoms with E-state index >= 15 is 0 Å². The van der Waals surface area contributed by atoms with Crippen LogP contribution in [0.3, 0.4) is 0 Å². The standard InChI is InChI=1S/C31H27N5O4/c32-18-26-30(39)36(31(40)34-26)23-14-10-20(11-15-23)19-8-12-22(13-9-19)33-16-3-17-35-28(37)24-6-1-4-21-5-2-7-25(27(21)24)29(35)38/h1-2,4-15,26,33H,3,16-18,32H2,(H,34,40). The van der Waals surface area contributed by atoms with Crippen molar-refractivity contribution in [2.75, 3.05) is 29.9 Å². The summed E-state index contributed by atoms with van der Waals surface area (Å²) < 4.78 is 0. The van der Waals surface area contributed by atoms with Crippen LogP contribution in [0.25, 0.3) is 21.9 Å². The Bertz CT molecular complexity index is 1600. The van der Waals surface area contributed by atoms with E-state index in [0.717, 1.165) is 32.5 Å². The van der Waals surface area contributed by atoms with Crippen LogP contribution >= 0.6 is 0 Å². The van der Waals surface area contributed by atoms with Crippen LogP contribution < -0.4 is 21.3 Å². The van der Waals surface area contributed by atoms with Gasteiger partial charge >= 0.3 is 6.03 Å². The molecule has 4 N–H and O–H groups in total. The molecule has 200 valence electrons. The van der Waals surface area contributed by atoms with Gasteiger partial charge in [-0.1, -0.05) is 48.5 Å². The normalized spacial score (nSPS) is 16.6. The summed E-state index contributed by atoms with van der Waals surface area (Å²) in [5.74, 6) is -0.857. The Morgan fingerprint density at radius 2 is 1.38 bits per heavy atom. The molecule has 4 aromatic rings. The van der Waals surface area contributed by atoms with Crippen LogP contribution in [0.4, 0.5) is 16.2 Å². The van der Waals surface area contributed by atoms with Crippen LogP contribution in [0.5, 0.6) is 0 Å². The lowest BCUT2D eigenvalue weighted by Crippen LogP contribution is -2.41. The predicted octanol–water partition coefficient (Wildman–Crippen LogP) is 3.99. The second-order valence-electron chi connectivity index (χ2n) is 9.79. The van der Waals surface area contributed by atoms with Gasteiger partial charge in [0, 0.05) is 41.8 Å². The number of rotatable bonds is 8. The van der Waals surface area contributed by atoms with Crippen LogP contribution in [0.1, 0.15) is 27.1 Å². The lowest BCUT2D eigenvalue weighted by Gasteiger charge is -2.27. The molecule has 0 radical (unpaired) electrons. The highest BCUT2D eigenvalue weighted by Crippen LogP contribution is 2.30. The number of carbonyl (C=O) groups is 4. The molecule has 1 saturated heterocycles. The first-order chi connectivity index (χ1) is 19.5. The van der Waals surface area contributed by atoms with E-state index in [-0.39, 0.29) is 24.3 Å². The molecular weight excluding hydrogens is 506 g/mol. The molecule has 0 aromatic heterocycles. The summed E-state index contributed by atoms with van der Waals surface area (Å²) in [5.41, 5.74) is 10.0. The highest BCUT2D eigenvalue weighted by atomic mass is 16.2. The molecule has 5 amide bonds. The first kappa shape index (κ1) is 25.3. The Hall–Kier alpha value is -5.02. The van der Waals surface area contributed by atoms with Crippen molar-refractivity contribution in [2.24, 2.45) is 5.73 Å². The molecular formula is C31H27N5O4. The Balaban J connectivity index is 1.05. The number of nitrogens with zero attached hydrogens (tertiary/aromatic N) is 2. The Morgan fingerprint density at radius 1 is 0.775 bits per heavy atom. The van der Waals surface area contributed by atoms with Crippen molar-refractivity contribution in [2.45, 2.75) is 12.5 Å². The molecule has 0 saturated carbocycles. The zero-order chi connectivity index (χ0) is 27.8. The van der Waals surface area contributed by atoms with Gasteiger partial charge in [0.15, 0.2) is 0 Å². The lowest BCUT2D eigenvalue weighted by molar-refractivity contribution is -0.118. The highest BCUT2D eigenvalue weighted by molar-refractivity contribution is 6.25. The third-order valence-electron chi connectivity index (χ3n) is 7.34. The zero-order valence-electron chi connectivity index (χ0n) is 21.6. The zero-order valence-corrected chi connectivity index (χ0v) is 21.6. The number of hydrogen-bond acceptors (Lipinski definition) is 6. The summed E-state index contributed by atoms with van der Waals surface area (Å²) in [4.78, 5) is 53.1. The summed E-state index contributed by atoms with van der Waals surface area (Å²) in [6, 6.07) is 25.0. The minimum Gasteiger partial charge on any atom is -0.385 e. The Kier molecular flexibility index (Phi) is 6.49. The van der Waals surface area contributed by atoms with Gasteiger partial charge in [0.2, 0.25) is 0 Å². The van der Waals surface area contributed by atoms with Gasteiger partial charge in [0.25, 0.3) is 17.7 Å². The van der Waals surface area contributed by atoms with Gasteiger partial charge in [0.05, 0.1) is 5.69 Å². The minimum absolute atomic E-state index is 0.0550. The average molecular weight is 534 g/mol. The molecule has 1 fully saturated rings. The number of anilines is 2. The monoisotopic (exact) mass is 533 g/mol. The molecule has 4 aromatic carbocycles. The SMILES string of the molecule is NCC1NC(=O)N(c2ccc(-c3ccc(NCCCN4C(=O)c5cccc6cccc(c56)C4=O)cc3)cc2)C1=O. The third-order valence-corrected chi connectivity index (χ3v) is 7.34. The second-order valence-corrected chi connectivity index (χ2v) is 9.79. The van der Waals surface area contributed by atoms with Gasteiger partial charge in [-0.05, 0) is 59.3 Å². The van der Waals surface area contributed by atoms with Crippen molar-refractivity contribution < 1.29 is 19.2 Å². The van der Waals surface area contributed by atoms with Gasteiger partial charge < -0.3 is 16.4 Å². The topological polar surface area (TPSA) is 125 Å². The third kappa shape index (κ3) is 4.36. The second kappa shape index (κ2) is 10.3. The minimum atomic E-state index is -0.695. The summed E-state index contributed by atoms with van der Waals surface area (Å²) in [6.07, 6.45) is 0.604. The number of benzene rings is 4. The van der Waals surface area contributed by atoms with Crippen LogP contribution in [0, 0.1) is 0 Å². The van der Waals surface area contributed by atoms with E-state index in [1.54, 1.807) is 24.3 Å². The van der Waals surface area contributed by atoms with E-state index in [0.29, 0.717) is 36.3 Å². The van der Waals surface area contributed by atoms with Crippen molar-refractivity contribution in [3.05, 3.63) is 96.1 Å². The van der Waals surface area contributed by atoms with Crippen LogP contribution in [-0.4, -0.2) is 54.3 Å². The molecule has 1 atom stereocenters. The highest BCUT2D eigenvalue weighted by Gasteiger charge is 2.38. The molecule has 2 aliphatic rings. The Labute approximate surface area is 230 Å². The number of nitrogens with one attached hydrogen (secondary N) is 2. The summed E-state index contributed by atoms with van der Waals surface area (Å²) in [6.45, 7) is 0.968. The van der Waals surface area contributed by atoms with Gasteiger partial charge in [-0.3, -0.25) is 19.3 Å². The molecule has 9 heteroatoms. The van der Waals surface area contributed by atoms with Crippen molar-refractivity contribution in [1.82, 2.24) is 10.2 Å². The van der Waals surface area contributed by atoms with Gasteiger partial charge in [-0.2, -0.15) is 0 Å². The fourth-order valence-corrected chi connectivity index (χ4v) is 5.27. The van der Waals surface area contributed by atoms with Gasteiger partial charge in [0.1, 0.15) is 6.04 Å². The van der Waals surface area contributed by atoms with Crippen molar-refractivity contribution in [3.8, 4) is 11.1 Å². The van der Waals surface area contributed by atoms with E-state index in [4.69, 9.17) is 5.73 Å². The number of amides is 5. The maximum Gasteiger partial charge on any atom is 0.329 e. The molecule has 6 rings (SSSR count). The Morgan fingerprint density at radius 3 is 1.95 bits per heavy atom. The van der Waals surface area contributed by atoms with Crippen LogP contribution in [-0.2, 0) is 4.79 Å². The molecule has 0 spiro atoms. The van der Waals surface area contributed by atoms with Crippen molar-refractivity contribution >= 4 is 45.9 Å². The van der Waals surface area contributed by atoms with Gasteiger partial charge in [-0.15, -0.1) is 0 Å². The van der Waals surface area contributed by atoms with Crippen molar-refractivity contribution in [3.63, 3.8) is 0 Å². The fraction of sp³-hybridized carbons (Fsp3) is 0.161. The largest absolute Gasteiger partial charge is 0.385 e. The van der Waals surface area contributed by atoms with Crippen LogP contribution in [0.15, 0.2) is 84.9 Å². The quantitative estimate of drug-likeness (QED) is 0.179. The molecule has 2 aliphatic heterocycles. The first-order valence-corrected chi connectivity index (χ1v) is 13.1. The maximum absolute atomic E-state index is 13.0. The molecule has 40 heavy (non-hydrogen) atoms. The van der Waals surface area contributed by atoms with E-state index < -0.39 is 12.1 Å². The van der Waals surface area contributed by atoms with E-state index in [1.165, 1.54) is 4.90 Å². The molecule has 0 aliphatic carbocycles. The number of urea groups is 1. The van der Waals surface area contributed by atoms with Crippen molar-refractivity contribution in [1.29, 1.82) is 0 Å². The number of carbonyl (C=O) groups excluding carboxylic acids is 4. The van der Waals surface area contributed by atoms with Gasteiger partial charge in [-0.25, -0.2) is 9.69 Å². The average Bonchev–Trinajstić information content (AvgIpc) is 3.28. The molecule has 9 nitrogen and oxygen atoms in total. The summed E-state index contributed by atoms with van der Waals surface area (Å²) in [7, 11) is 0. The molecule has 1 unspecified atom stereocenters. The number of imide groups is 2. The summed E-state index contributed by atoms with van der Waals surface area (Å²) in [5, 5.41) is 7.56. The van der Waals surface area contributed by atoms with Crippen LogP contribution in [0.2, 0.25) is 0 Å². The number of nitrogens with two attached hydrogens (primary N) is 1. The summed E-state index contributed by atoms with van der Waals surface area (Å²) >= 11 is 0. The molecule has 0 bridgehead atoms. The predicted molar refractivity (Wildman–Crippen MR) is 153 cm³/mol. The van der Waals surface area contributed by atoms with E-state index in [2.05, 4.69) is 10.6 Å². The smallest absolute Gasteiger partial charge is 0.329 e. The first-order valence-electron chi connectivity index (χ1n) is 13.1. The maximum atomic E-state index is 13.0. The lowest BCUT2D eigenvalue weighted by atomic mass is 9.94. The van der Waals surface area contributed by atoms with E-state index in [1.807, 2.05) is 60.7 Å².